The number of Topliss-reactive ketones (excluding diaryl/α,β-unsaturated/α-hetero) is 1. The molecule has 0 aliphatic carbocycles. The first-order valence-corrected chi connectivity index (χ1v) is 12.3. The molecule has 1 heterocycles. The van der Waals surface area contributed by atoms with E-state index in [0.717, 1.165) is 30.9 Å². The molecule has 1 aliphatic heterocycles. The van der Waals surface area contributed by atoms with Crippen molar-refractivity contribution < 1.29 is 9.59 Å². The molecule has 3 aromatic carbocycles. The van der Waals surface area contributed by atoms with Crippen molar-refractivity contribution in [1.82, 2.24) is 4.90 Å². The van der Waals surface area contributed by atoms with Gasteiger partial charge >= 0.3 is 0 Å². The summed E-state index contributed by atoms with van der Waals surface area (Å²) in [6, 6.07) is 28.9. The Bertz CT molecular complexity index is 1070. The lowest BCUT2D eigenvalue weighted by atomic mass is 9.67. The largest absolute Gasteiger partial charge is 0.325 e. The minimum atomic E-state index is -0.715. The van der Waals surface area contributed by atoms with Gasteiger partial charge in [-0.2, -0.15) is 0 Å². The molecule has 1 aliphatic rings. The average Bonchev–Trinajstić information content (AvgIpc) is 3.15. The summed E-state index contributed by atoms with van der Waals surface area (Å²) in [4.78, 5) is 28.4. The molecular formula is C30H34N2O2. The van der Waals surface area contributed by atoms with Gasteiger partial charge in [0, 0.05) is 38.2 Å². The van der Waals surface area contributed by atoms with Gasteiger partial charge in [0.1, 0.15) is 5.78 Å². The molecule has 0 bridgehead atoms. The Kier molecular flexibility index (Phi) is 7.59. The molecule has 1 N–H and O–H groups in total. The van der Waals surface area contributed by atoms with Gasteiger partial charge in [0.2, 0.25) is 5.91 Å². The van der Waals surface area contributed by atoms with Crippen molar-refractivity contribution in [2.24, 2.45) is 5.92 Å². The first kappa shape index (κ1) is 23.9. The molecule has 2 atom stereocenters. The van der Waals surface area contributed by atoms with Crippen LogP contribution in [0.4, 0.5) is 5.69 Å². The maximum Gasteiger partial charge on any atom is 0.235 e. The molecule has 4 nitrogen and oxygen atoms in total. The summed E-state index contributed by atoms with van der Waals surface area (Å²) in [5.74, 6) is 0.137. The van der Waals surface area contributed by atoms with Crippen molar-refractivity contribution in [2.45, 2.75) is 51.6 Å². The Morgan fingerprint density at radius 1 is 0.882 bits per heavy atom. The first-order valence-electron chi connectivity index (χ1n) is 12.3. The van der Waals surface area contributed by atoms with E-state index in [2.05, 4.69) is 71.7 Å². The second kappa shape index (κ2) is 10.8. The molecule has 0 aromatic heterocycles. The lowest BCUT2D eigenvalue weighted by molar-refractivity contribution is -0.125. The number of nitrogens with zero attached hydrogens (tertiary/aromatic N) is 1. The SMILES string of the molecule is CCC(=O)CC(C)[C@]1(CCN(Cc2ccccc2)Cc2ccccc2)C(=O)Nc2ccccc21. The zero-order valence-electron chi connectivity index (χ0n) is 20.2. The van der Waals surface area contributed by atoms with Crippen molar-refractivity contribution in [3.63, 3.8) is 0 Å². The highest BCUT2D eigenvalue weighted by molar-refractivity contribution is 6.06. The highest BCUT2D eigenvalue weighted by Gasteiger charge is 2.50. The number of ketones is 1. The number of carbonyl (C=O) groups excluding carboxylic acids is 2. The van der Waals surface area contributed by atoms with Crippen LogP contribution < -0.4 is 5.32 Å². The van der Waals surface area contributed by atoms with E-state index in [9.17, 15) is 9.59 Å². The van der Waals surface area contributed by atoms with Crippen molar-refractivity contribution in [1.29, 1.82) is 0 Å². The van der Waals surface area contributed by atoms with E-state index in [1.807, 2.05) is 37.3 Å². The summed E-state index contributed by atoms with van der Waals surface area (Å²) in [7, 11) is 0. The van der Waals surface area contributed by atoms with E-state index in [0.29, 0.717) is 19.3 Å². The van der Waals surface area contributed by atoms with Gasteiger partial charge in [-0.1, -0.05) is 92.7 Å². The number of benzene rings is 3. The van der Waals surface area contributed by atoms with Crippen molar-refractivity contribution in [2.75, 3.05) is 11.9 Å². The summed E-state index contributed by atoms with van der Waals surface area (Å²) in [5.41, 5.74) is 3.68. The average molecular weight is 455 g/mol. The Labute approximate surface area is 203 Å². The van der Waals surface area contributed by atoms with Crippen LogP contribution in [-0.4, -0.2) is 23.1 Å². The van der Waals surface area contributed by atoms with Crippen molar-refractivity contribution >= 4 is 17.4 Å². The van der Waals surface area contributed by atoms with Crippen LogP contribution in [0.1, 0.15) is 49.8 Å². The number of anilines is 1. The number of hydrogen-bond acceptors (Lipinski definition) is 3. The topological polar surface area (TPSA) is 49.4 Å². The zero-order valence-corrected chi connectivity index (χ0v) is 20.2. The van der Waals surface area contributed by atoms with Gasteiger partial charge in [-0.15, -0.1) is 0 Å². The standard InChI is InChI=1S/C30H34N2O2/c1-3-26(33)20-23(2)30(27-16-10-11-17-28(27)31-29(30)34)18-19-32(21-24-12-6-4-7-13-24)22-25-14-8-5-9-15-25/h4-17,23H,3,18-22H2,1-2H3,(H,31,34)/t23?,30-/m0/s1. The molecule has 3 aromatic rings. The second-order valence-corrected chi connectivity index (χ2v) is 9.40. The van der Waals surface area contributed by atoms with Crippen molar-refractivity contribution in [3.8, 4) is 0 Å². The van der Waals surface area contributed by atoms with Crippen molar-refractivity contribution in [3.05, 3.63) is 102 Å². The van der Waals surface area contributed by atoms with Crippen LogP contribution >= 0.6 is 0 Å². The molecule has 1 unspecified atom stereocenters. The van der Waals surface area contributed by atoms with E-state index in [-0.39, 0.29) is 17.6 Å². The fraction of sp³-hybridized carbons (Fsp3) is 0.333. The number of hydrogen-bond donors (Lipinski definition) is 1. The summed E-state index contributed by atoms with van der Waals surface area (Å²) in [6.07, 6.45) is 1.57. The van der Waals surface area contributed by atoms with E-state index in [1.165, 1.54) is 11.1 Å². The number of carbonyl (C=O) groups is 2. The predicted octanol–water partition coefficient (Wildman–Crippen LogP) is 5.97. The highest BCUT2D eigenvalue weighted by Crippen LogP contribution is 2.47. The highest BCUT2D eigenvalue weighted by atomic mass is 16.2. The van der Waals surface area contributed by atoms with E-state index in [4.69, 9.17) is 0 Å². The van der Waals surface area contributed by atoms with Crippen LogP contribution in [0.3, 0.4) is 0 Å². The van der Waals surface area contributed by atoms with Crippen LogP contribution in [0.2, 0.25) is 0 Å². The van der Waals surface area contributed by atoms with E-state index >= 15 is 0 Å². The molecule has 0 fully saturated rings. The van der Waals surface area contributed by atoms with Gasteiger partial charge in [-0.25, -0.2) is 0 Å². The lowest BCUT2D eigenvalue weighted by Gasteiger charge is -2.36. The van der Waals surface area contributed by atoms with E-state index in [1.54, 1.807) is 0 Å². The zero-order chi connectivity index (χ0) is 24.0. The minimum Gasteiger partial charge on any atom is -0.325 e. The molecule has 0 radical (unpaired) electrons. The van der Waals surface area contributed by atoms with Crippen LogP contribution in [0, 0.1) is 5.92 Å². The van der Waals surface area contributed by atoms with Gasteiger partial charge in [-0.05, 0) is 35.1 Å². The maximum atomic E-state index is 13.6. The molecule has 176 valence electrons. The summed E-state index contributed by atoms with van der Waals surface area (Å²) >= 11 is 0. The third-order valence-corrected chi connectivity index (χ3v) is 7.15. The number of rotatable bonds is 11. The number of para-hydroxylation sites is 1. The monoisotopic (exact) mass is 454 g/mol. The van der Waals surface area contributed by atoms with Crippen LogP contribution in [0.15, 0.2) is 84.9 Å². The summed E-state index contributed by atoms with van der Waals surface area (Å²) in [6.45, 7) is 6.31. The Morgan fingerprint density at radius 3 is 2.03 bits per heavy atom. The van der Waals surface area contributed by atoms with Gasteiger partial charge < -0.3 is 5.32 Å². The number of amides is 1. The quantitative estimate of drug-likeness (QED) is 0.388. The smallest absolute Gasteiger partial charge is 0.235 e. The molecule has 4 heteroatoms. The predicted molar refractivity (Wildman–Crippen MR) is 137 cm³/mol. The molecular weight excluding hydrogens is 420 g/mol. The summed E-state index contributed by atoms with van der Waals surface area (Å²) < 4.78 is 0. The molecule has 4 rings (SSSR count). The fourth-order valence-corrected chi connectivity index (χ4v) is 5.21. The molecule has 34 heavy (non-hydrogen) atoms. The molecule has 0 spiro atoms. The van der Waals surface area contributed by atoms with Crippen LogP contribution in [-0.2, 0) is 28.1 Å². The normalized spacial score (nSPS) is 17.9. The van der Waals surface area contributed by atoms with E-state index < -0.39 is 5.41 Å². The molecule has 1 amide bonds. The Hall–Kier alpha value is -3.24. The Morgan fingerprint density at radius 2 is 1.44 bits per heavy atom. The van der Waals surface area contributed by atoms with Gasteiger partial charge in [0.25, 0.3) is 0 Å². The third kappa shape index (κ3) is 5.13. The Balaban J connectivity index is 1.63. The molecule has 0 saturated heterocycles. The maximum absolute atomic E-state index is 13.6. The molecule has 0 saturated carbocycles. The second-order valence-electron chi connectivity index (χ2n) is 9.40. The van der Waals surface area contributed by atoms with Gasteiger partial charge in [0.05, 0.1) is 5.41 Å². The third-order valence-electron chi connectivity index (χ3n) is 7.15. The first-order chi connectivity index (χ1) is 16.5. The fourth-order valence-electron chi connectivity index (χ4n) is 5.21. The van der Waals surface area contributed by atoms with Crippen LogP contribution in [0.5, 0.6) is 0 Å². The van der Waals surface area contributed by atoms with Gasteiger partial charge in [-0.3, -0.25) is 14.5 Å². The lowest BCUT2D eigenvalue weighted by Crippen LogP contribution is -2.44. The van der Waals surface area contributed by atoms with Crippen LogP contribution in [0.25, 0.3) is 0 Å². The summed E-state index contributed by atoms with van der Waals surface area (Å²) in [5, 5.41) is 3.11. The minimum absolute atomic E-state index is 0.0180. The number of nitrogens with one attached hydrogen (secondary N) is 1. The van der Waals surface area contributed by atoms with Gasteiger partial charge in [0.15, 0.2) is 0 Å². The number of fused-ring (bicyclic) bond motifs is 1.